The van der Waals surface area contributed by atoms with Crippen LogP contribution in [0.3, 0.4) is 0 Å². The van der Waals surface area contributed by atoms with E-state index in [0.717, 1.165) is 25.1 Å². The molecule has 1 amide bonds. The number of nitrogens with zero attached hydrogens (tertiary/aromatic N) is 2. The van der Waals surface area contributed by atoms with Crippen LogP contribution in [0.15, 0.2) is 24.3 Å². The molecule has 2 unspecified atom stereocenters. The van der Waals surface area contributed by atoms with Crippen LogP contribution in [-0.4, -0.2) is 36.6 Å². The molecule has 1 aromatic rings. The number of ether oxygens (including phenoxy) is 1. The fraction of sp³-hybridized carbons (Fsp3) is 0.467. The molecule has 3 N–H and O–H groups in total. The Morgan fingerprint density at radius 1 is 1.57 bits per heavy atom. The summed E-state index contributed by atoms with van der Waals surface area (Å²) in [5.41, 5.74) is 3.88. The molecule has 112 valence electrons. The number of hydrazine groups is 1. The average molecular weight is 288 g/mol. The van der Waals surface area contributed by atoms with E-state index in [1.54, 1.807) is 6.07 Å². The Morgan fingerprint density at radius 3 is 3.10 bits per heavy atom. The summed E-state index contributed by atoms with van der Waals surface area (Å²) in [7, 11) is 2.00. The van der Waals surface area contributed by atoms with Crippen molar-refractivity contribution >= 4 is 5.91 Å². The number of rotatable bonds is 5. The highest BCUT2D eigenvalue weighted by Gasteiger charge is 2.30. The minimum Gasteiger partial charge on any atom is -0.364 e. The summed E-state index contributed by atoms with van der Waals surface area (Å²) in [4.78, 5) is 13.5. The molecular formula is C15H20N4O2. The zero-order valence-electron chi connectivity index (χ0n) is 12.1. The Morgan fingerprint density at radius 2 is 2.38 bits per heavy atom. The van der Waals surface area contributed by atoms with Gasteiger partial charge in [-0.05, 0) is 37.6 Å². The maximum atomic E-state index is 11.4. The molecule has 1 heterocycles. The molecule has 1 aliphatic heterocycles. The normalized spacial score (nSPS) is 21.2. The molecule has 6 nitrogen and oxygen atoms in total. The zero-order chi connectivity index (χ0) is 15.2. The summed E-state index contributed by atoms with van der Waals surface area (Å²) in [5, 5.41) is 8.90. The molecular weight excluding hydrogens is 268 g/mol. The number of benzene rings is 1. The first-order valence-corrected chi connectivity index (χ1v) is 6.96. The van der Waals surface area contributed by atoms with Crippen LogP contribution in [0.2, 0.25) is 0 Å². The first-order chi connectivity index (χ1) is 10.1. The number of carbonyl (C=O) groups is 1. The van der Waals surface area contributed by atoms with Gasteiger partial charge in [-0.3, -0.25) is 15.1 Å². The number of nitrogens with two attached hydrogens (primary N) is 1. The second-order valence-electron chi connectivity index (χ2n) is 5.34. The van der Waals surface area contributed by atoms with Gasteiger partial charge in [0.25, 0.3) is 5.91 Å². The van der Waals surface area contributed by atoms with E-state index in [1.165, 1.54) is 0 Å². The van der Waals surface area contributed by atoms with Crippen LogP contribution in [0.5, 0.6) is 0 Å². The van der Waals surface area contributed by atoms with Crippen molar-refractivity contribution in [3.8, 4) is 6.07 Å². The lowest BCUT2D eigenvalue weighted by Crippen LogP contribution is -2.39. The monoisotopic (exact) mass is 288 g/mol. The van der Waals surface area contributed by atoms with Crippen LogP contribution >= 0.6 is 0 Å². The van der Waals surface area contributed by atoms with Gasteiger partial charge in [-0.25, -0.2) is 5.84 Å². The van der Waals surface area contributed by atoms with Crippen LogP contribution in [0, 0.1) is 11.3 Å². The summed E-state index contributed by atoms with van der Waals surface area (Å²) in [6, 6.07) is 9.70. The summed E-state index contributed by atoms with van der Waals surface area (Å²) in [6.07, 6.45) is 1.15. The Hall–Kier alpha value is -1.94. The van der Waals surface area contributed by atoms with Crippen molar-refractivity contribution in [3.63, 3.8) is 0 Å². The quantitative estimate of drug-likeness (QED) is 0.468. The maximum Gasteiger partial charge on any atom is 0.263 e. The number of nitrogens with one attached hydrogen (secondary N) is 1. The number of nitriles is 1. The number of carbonyl (C=O) groups excluding carboxylic acids is 1. The molecule has 6 heteroatoms. The van der Waals surface area contributed by atoms with Gasteiger partial charge in [0.15, 0.2) is 0 Å². The van der Waals surface area contributed by atoms with Crippen LogP contribution in [0.4, 0.5) is 0 Å². The third kappa shape index (κ3) is 4.26. The molecule has 1 aliphatic rings. The van der Waals surface area contributed by atoms with Crippen LogP contribution in [-0.2, 0) is 16.1 Å². The Balaban J connectivity index is 1.84. The molecule has 0 aromatic heterocycles. The largest absolute Gasteiger partial charge is 0.364 e. The van der Waals surface area contributed by atoms with E-state index in [-0.39, 0.29) is 12.0 Å². The number of hydrogen-bond acceptors (Lipinski definition) is 5. The van der Waals surface area contributed by atoms with Crippen molar-refractivity contribution in [2.75, 3.05) is 13.6 Å². The predicted octanol–water partition coefficient (Wildman–Crippen LogP) is 0.528. The van der Waals surface area contributed by atoms with E-state index in [1.807, 2.05) is 25.2 Å². The molecule has 2 rings (SSSR count). The number of amides is 1. The van der Waals surface area contributed by atoms with Gasteiger partial charge >= 0.3 is 0 Å². The lowest BCUT2D eigenvalue weighted by atomic mass is 10.1. The minimum absolute atomic E-state index is 0.0384. The summed E-state index contributed by atoms with van der Waals surface area (Å²) >= 11 is 0. The van der Waals surface area contributed by atoms with Gasteiger partial charge in [0.05, 0.1) is 17.7 Å². The van der Waals surface area contributed by atoms with E-state index >= 15 is 0 Å². The number of hydrogen-bond donors (Lipinski definition) is 2. The Labute approximate surface area is 124 Å². The van der Waals surface area contributed by atoms with Gasteiger partial charge in [-0.1, -0.05) is 12.1 Å². The highest BCUT2D eigenvalue weighted by atomic mass is 16.5. The second kappa shape index (κ2) is 7.18. The zero-order valence-corrected chi connectivity index (χ0v) is 12.1. The third-order valence-corrected chi connectivity index (χ3v) is 3.57. The number of likely N-dealkylation sites (N-methyl/N-ethyl adjacent to an activating group) is 1. The van der Waals surface area contributed by atoms with E-state index in [9.17, 15) is 4.79 Å². The molecule has 21 heavy (non-hydrogen) atoms. The fourth-order valence-electron chi connectivity index (χ4n) is 2.59. The fourth-order valence-corrected chi connectivity index (χ4v) is 2.59. The van der Waals surface area contributed by atoms with Crippen molar-refractivity contribution in [1.29, 1.82) is 5.26 Å². The maximum absolute atomic E-state index is 11.4. The SMILES string of the molecule is CN(Cc1cccc(C#N)c1)CC1CCC(C(=O)NN)O1. The first kappa shape index (κ1) is 15.4. The van der Waals surface area contributed by atoms with Crippen molar-refractivity contribution in [3.05, 3.63) is 35.4 Å². The van der Waals surface area contributed by atoms with Crippen molar-refractivity contribution in [2.24, 2.45) is 5.84 Å². The second-order valence-corrected chi connectivity index (χ2v) is 5.34. The topological polar surface area (TPSA) is 91.4 Å². The van der Waals surface area contributed by atoms with Crippen LogP contribution in [0.25, 0.3) is 0 Å². The van der Waals surface area contributed by atoms with E-state index in [0.29, 0.717) is 12.0 Å². The molecule has 2 atom stereocenters. The van der Waals surface area contributed by atoms with Gasteiger partial charge in [0.1, 0.15) is 6.10 Å². The molecule has 0 spiro atoms. The highest BCUT2D eigenvalue weighted by Crippen LogP contribution is 2.21. The third-order valence-electron chi connectivity index (χ3n) is 3.57. The standard InChI is InChI=1S/C15H20N4O2/c1-19(9-12-4-2-3-11(7-12)8-16)10-13-5-6-14(21-13)15(20)18-17/h2-4,7,13-14H,5-6,9-10,17H2,1H3,(H,18,20). The lowest BCUT2D eigenvalue weighted by Gasteiger charge is -2.21. The van der Waals surface area contributed by atoms with Crippen LogP contribution < -0.4 is 11.3 Å². The molecule has 0 radical (unpaired) electrons. The van der Waals surface area contributed by atoms with Gasteiger partial charge in [0.2, 0.25) is 0 Å². The van der Waals surface area contributed by atoms with Crippen LogP contribution in [0.1, 0.15) is 24.0 Å². The van der Waals surface area contributed by atoms with E-state index < -0.39 is 6.10 Å². The van der Waals surface area contributed by atoms with E-state index in [2.05, 4.69) is 16.4 Å². The lowest BCUT2D eigenvalue weighted by molar-refractivity contribution is -0.132. The molecule has 0 bridgehead atoms. The summed E-state index contributed by atoms with van der Waals surface area (Å²) in [5.74, 6) is 4.85. The molecule has 0 saturated carbocycles. The van der Waals surface area contributed by atoms with Crippen molar-refractivity contribution in [1.82, 2.24) is 10.3 Å². The molecule has 1 fully saturated rings. The van der Waals surface area contributed by atoms with Crippen molar-refractivity contribution < 1.29 is 9.53 Å². The Bertz CT molecular complexity index is 541. The van der Waals surface area contributed by atoms with Crippen molar-refractivity contribution in [2.45, 2.75) is 31.6 Å². The van der Waals surface area contributed by atoms with Gasteiger partial charge in [-0.2, -0.15) is 5.26 Å². The summed E-state index contributed by atoms with van der Waals surface area (Å²) in [6.45, 7) is 1.48. The predicted molar refractivity (Wildman–Crippen MR) is 77.7 cm³/mol. The van der Waals surface area contributed by atoms with Gasteiger partial charge in [0, 0.05) is 13.1 Å². The molecule has 1 saturated heterocycles. The molecule has 0 aliphatic carbocycles. The Kier molecular flexibility index (Phi) is 5.28. The summed E-state index contributed by atoms with van der Waals surface area (Å²) < 4.78 is 5.68. The highest BCUT2D eigenvalue weighted by molar-refractivity contribution is 5.80. The first-order valence-electron chi connectivity index (χ1n) is 6.96. The van der Waals surface area contributed by atoms with E-state index in [4.69, 9.17) is 15.8 Å². The smallest absolute Gasteiger partial charge is 0.263 e. The van der Waals surface area contributed by atoms with Gasteiger partial charge < -0.3 is 4.74 Å². The molecule has 1 aromatic carbocycles. The minimum atomic E-state index is -0.435. The average Bonchev–Trinajstić information content (AvgIpc) is 2.94. The van der Waals surface area contributed by atoms with Gasteiger partial charge in [-0.15, -0.1) is 0 Å².